The highest BCUT2D eigenvalue weighted by atomic mass is 79.9. The molecule has 0 saturated heterocycles. The van der Waals surface area contributed by atoms with E-state index in [1.165, 1.54) is 24.5 Å². The van der Waals surface area contributed by atoms with Crippen LogP contribution in [0.25, 0.3) is 0 Å². The van der Waals surface area contributed by atoms with E-state index in [0.717, 1.165) is 0 Å². The summed E-state index contributed by atoms with van der Waals surface area (Å²) in [6, 6.07) is 7.67. The molecule has 0 aromatic carbocycles. The van der Waals surface area contributed by atoms with Crippen LogP contribution in [0.1, 0.15) is 5.69 Å². The van der Waals surface area contributed by atoms with Gasteiger partial charge in [-0.3, -0.25) is 4.72 Å². The summed E-state index contributed by atoms with van der Waals surface area (Å²) < 4.78 is 27.2. The highest BCUT2D eigenvalue weighted by Crippen LogP contribution is 2.18. The van der Waals surface area contributed by atoms with Gasteiger partial charge in [0.15, 0.2) is 5.69 Å². The van der Waals surface area contributed by atoms with Crippen molar-refractivity contribution in [3.05, 3.63) is 47.0 Å². The van der Waals surface area contributed by atoms with E-state index in [-0.39, 0.29) is 10.6 Å². The molecule has 2 heterocycles. The van der Waals surface area contributed by atoms with Gasteiger partial charge in [-0.2, -0.15) is 5.26 Å². The summed E-state index contributed by atoms with van der Waals surface area (Å²) in [6.07, 6.45) is 2.73. The number of hydrogen-bond donors (Lipinski definition) is 1. The smallest absolute Gasteiger partial charge is 0.264 e. The minimum atomic E-state index is -3.86. The molecule has 2 aromatic rings. The number of rotatable bonds is 3. The third-order valence-corrected chi connectivity index (χ3v) is 4.03. The molecule has 1 N–H and O–H groups in total. The fourth-order valence-corrected chi connectivity index (χ4v) is 2.72. The summed E-state index contributed by atoms with van der Waals surface area (Å²) in [5.74, 6) is 0. The van der Waals surface area contributed by atoms with Crippen LogP contribution in [-0.2, 0) is 10.0 Å². The van der Waals surface area contributed by atoms with Gasteiger partial charge in [0, 0.05) is 6.20 Å². The summed E-state index contributed by atoms with van der Waals surface area (Å²) in [6.45, 7) is 0. The first-order valence-electron chi connectivity index (χ1n) is 5.02. The molecule has 0 amide bonds. The van der Waals surface area contributed by atoms with Gasteiger partial charge in [0.05, 0.1) is 11.9 Å². The van der Waals surface area contributed by atoms with Crippen LogP contribution in [0.4, 0.5) is 5.69 Å². The lowest BCUT2D eigenvalue weighted by Crippen LogP contribution is -2.15. The fraction of sp³-hybridized carbons (Fsp3) is 0. The quantitative estimate of drug-likeness (QED) is 0.862. The van der Waals surface area contributed by atoms with Crippen molar-refractivity contribution >= 4 is 31.6 Å². The van der Waals surface area contributed by atoms with E-state index in [0.29, 0.717) is 10.3 Å². The van der Waals surface area contributed by atoms with Crippen LogP contribution in [0.2, 0.25) is 0 Å². The number of anilines is 1. The Hall–Kier alpha value is -1.98. The van der Waals surface area contributed by atoms with Crippen LogP contribution in [0, 0.1) is 11.3 Å². The monoisotopic (exact) mass is 338 g/mol. The molecule has 0 aliphatic rings. The third kappa shape index (κ3) is 3.07. The minimum absolute atomic E-state index is 0.153. The third-order valence-electron chi connectivity index (χ3n) is 2.15. The van der Waals surface area contributed by atoms with Gasteiger partial charge in [-0.25, -0.2) is 18.4 Å². The van der Waals surface area contributed by atoms with Gasteiger partial charge in [0.2, 0.25) is 0 Å². The Bertz CT molecular complexity index is 738. The number of nitrogens with one attached hydrogen (secondary N) is 1. The van der Waals surface area contributed by atoms with Crippen LogP contribution >= 0.6 is 15.9 Å². The summed E-state index contributed by atoms with van der Waals surface area (Å²) in [7, 11) is -3.86. The second kappa shape index (κ2) is 5.34. The van der Waals surface area contributed by atoms with Gasteiger partial charge in [0.1, 0.15) is 15.6 Å². The molecule has 0 unspecified atom stereocenters. The number of nitriles is 1. The molecule has 0 saturated carbocycles. The molecule has 8 heteroatoms. The van der Waals surface area contributed by atoms with Crippen molar-refractivity contribution in [1.29, 1.82) is 5.26 Å². The molecular weight excluding hydrogens is 332 g/mol. The maximum absolute atomic E-state index is 12.1. The van der Waals surface area contributed by atoms with E-state index in [4.69, 9.17) is 5.26 Å². The lowest BCUT2D eigenvalue weighted by atomic mass is 10.4. The first-order chi connectivity index (χ1) is 9.03. The van der Waals surface area contributed by atoms with Crippen LogP contribution < -0.4 is 4.72 Å². The normalized spacial score (nSPS) is 10.7. The van der Waals surface area contributed by atoms with Gasteiger partial charge in [-0.15, -0.1) is 0 Å². The Morgan fingerprint density at radius 1 is 1.26 bits per heavy atom. The minimum Gasteiger partial charge on any atom is -0.278 e. The van der Waals surface area contributed by atoms with Crippen LogP contribution in [-0.4, -0.2) is 18.4 Å². The van der Waals surface area contributed by atoms with Crippen molar-refractivity contribution in [1.82, 2.24) is 9.97 Å². The van der Waals surface area contributed by atoms with Crippen LogP contribution in [0.15, 0.2) is 46.2 Å². The zero-order valence-electron chi connectivity index (χ0n) is 9.41. The van der Waals surface area contributed by atoms with Crippen molar-refractivity contribution in [2.24, 2.45) is 0 Å². The maximum Gasteiger partial charge on any atom is 0.264 e. The Balaban J connectivity index is 2.38. The zero-order chi connectivity index (χ0) is 13.9. The van der Waals surface area contributed by atoms with Crippen molar-refractivity contribution < 1.29 is 8.42 Å². The fourth-order valence-electron chi connectivity index (χ4n) is 1.34. The molecule has 0 spiro atoms. The topological polar surface area (TPSA) is 95.7 Å². The lowest BCUT2D eigenvalue weighted by Gasteiger charge is -2.08. The summed E-state index contributed by atoms with van der Waals surface area (Å²) >= 11 is 3.15. The molecule has 2 aromatic heterocycles. The molecule has 6 nitrogen and oxygen atoms in total. The van der Waals surface area contributed by atoms with Gasteiger partial charge in [-0.1, -0.05) is 0 Å². The first-order valence-corrected chi connectivity index (χ1v) is 7.30. The number of halogens is 1. The summed E-state index contributed by atoms with van der Waals surface area (Å²) in [4.78, 5) is 7.46. The number of aromatic nitrogens is 2. The van der Waals surface area contributed by atoms with E-state index in [1.54, 1.807) is 18.2 Å². The van der Waals surface area contributed by atoms with E-state index in [9.17, 15) is 8.42 Å². The predicted octanol–water partition coefficient (Wildman–Crippen LogP) is 1.91. The Kier molecular flexibility index (Phi) is 3.78. The molecule has 0 bridgehead atoms. The molecule has 0 radical (unpaired) electrons. The Morgan fingerprint density at radius 2 is 2.05 bits per heavy atom. The number of nitrogens with zero attached hydrogens (tertiary/aromatic N) is 3. The Labute approximate surface area is 118 Å². The average Bonchev–Trinajstić information content (AvgIpc) is 2.41. The SMILES string of the molecule is N#Cc1ncccc1S(=O)(=O)Nc1ccc(Br)nc1. The van der Waals surface area contributed by atoms with E-state index < -0.39 is 10.0 Å². The second-order valence-electron chi connectivity index (χ2n) is 3.44. The molecule has 2 rings (SSSR count). The maximum atomic E-state index is 12.1. The highest BCUT2D eigenvalue weighted by molar-refractivity contribution is 9.10. The lowest BCUT2D eigenvalue weighted by molar-refractivity contribution is 0.600. The molecular formula is C11H7BrN4O2S. The standard InChI is InChI=1S/C11H7BrN4O2S/c12-11-4-3-8(7-15-11)16-19(17,18)10-2-1-5-14-9(10)6-13/h1-5,7,16H. The van der Waals surface area contributed by atoms with E-state index in [2.05, 4.69) is 30.6 Å². The number of sulfonamides is 1. The van der Waals surface area contributed by atoms with Crippen molar-refractivity contribution in [3.8, 4) is 6.07 Å². The Morgan fingerprint density at radius 3 is 2.68 bits per heavy atom. The molecule has 0 fully saturated rings. The molecule has 96 valence electrons. The second-order valence-corrected chi connectivity index (χ2v) is 5.90. The van der Waals surface area contributed by atoms with Crippen LogP contribution in [0.3, 0.4) is 0 Å². The van der Waals surface area contributed by atoms with E-state index in [1.807, 2.05) is 0 Å². The summed E-state index contributed by atoms with van der Waals surface area (Å²) in [5.41, 5.74) is 0.149. The largest absolute Gasteiger partial charge is 0.278 e. The van der Waals surface area contributed by atoms with Gasteiger partial charge < -0.3 is 0 Å². The molecule has 19 heavy (non-hydrogen) atoms. The highest BCUT2D eigenvalue weighted by Gasteiger charge is 2.19. The van der Waals surface area contributed by atoms with Gasteiger partial charge in [0.25, 0.3) is 10.0 Å². The summed E-state index contributed by atoms with van der Waals surface area (Å²) in [5, 5.41) is 8.86. The van der Waals surface area contributed by atoms with E-state index >= 15 is 0 Å². The molecule has 0 atom stereocenters. The van der Waals surface area contributed by atoms with Crippen molar-refractivity contribution in [2.45, 2.75) is 4.90 Å². The van der Waals surface area contributed by atoms with Crippen molar-refractivity contribution in [2.75, 3.05) is 4.72 Å². The number of hydrogen-bond acceptors (Lipinski definition) is 5. The molecule has 0 aliphatic carbocycles. The van der Waals surface area contributed by atoms with Gasteiger partial charge >= 0.3 is 0 Å². The average molecular weight is 339 g/mol. The number of pyridine rings is 2. The first kappa shape index (κ1) is 13.5. The van der Waals surface area contributed by atoms with Gasteiger partial charge in [-0.05, 0) is 40.2 Å². The van der Waals surface area contributed by atoms with Crippen molar-refractivity contribution in [3.63, 3.8) is 0 Å². The zero-order valence-corrected chi connectivity index (χ0v) is 11.8. The molecule has 0 aliphatic heterocycles. The predicted molar refractivity (Wildman–Crippen MR) is 71.7 cm³/mol. The van der Waals surface area contributed by atoms with Crippen LogP contribution in [0.5, 0.6) is 0 Å².